The maximum atomic E-state index is 11.6. The number of rotatable bonds is 10. The molecular weight excluding hydrogens is 406 g/mol. The number of ether oxygens (including phenoxy) is 1. The maximum Gasteiger partial charge on any atom is 0.326 e. The number of para-hydroxylation sites is 3. The lowest BCUT2D eigenvalue weighted by molar-refractivity contribution is -0.137. The Balaban J connectivity index is 1.28. The largest absolute Gasteiger partial charge is 0.492 e. The fourth-order valence-electron chi connectivity index (χ4n) is 3.31. The molecule has 32 heavy (non-hydrogen) atoms. The molecule has 0 radical (unpaired) electrons. The van der Waals surface area contributed by atoms with Crippen LogP contribution >= 0.6 is 0 Å². The van der Waals surface area contributed by atoms with E-state index in [-0.39, 0.29) is 0 Å². The van der Waals surface area contributed by atoms with Gasteiger partial charge in [-0.25, -0.2) is 4.79 Å². The molecule has 7 nitrogen and oxygen atoms in total. The molecule has 0 amide bonds. The zero-order valence-corrected chi connectivity index (χ0v) is 17.8. The van der Waals surface area contributed by atoms with Crippen LogP contribution in [0.1, 0.15) is 5.56 Å². The number of hydrogen-bond donors (Lipinski definition) is 2. The van der Waals surface area contributed by atoms with E-state index >= 15 is 0 Å². The van der Waals surface area contributed by atoms with Crippen LogP contribution in [0, 0.1) is 0 Å². The molecule has 4 rings (SSSR count). The highest BCUT2D eigenvalue weighted by atomic mass is 16.5. The van der Waals surface area contributed by atoms with Crippen LogP contribution in [-0.4, -0.2) is 42.3 Å². The molecule has 4 aromatic rings. The van der Waals surface area contributed by atoms with E-state index in [0.717, 1.165) is 28.1 Å². The van der Waals surface area contributed by atoms with Crippen molar-refractivity contribution in [2.24, 2.45) is 0 Å². The normalized spacial score (nSPS) is 11.8. The van der Waals surface area contributed by atoms with E-state index in [2.05, 4.69) is 10.3 Å². The van der Waals surface area contributed by atoms with E-state index in [9.17, 15) is 9.90 Å². The number of aromatic nitrogens is 1. The summed E-state index contributed by atoms with van der Waals surface area (Å²) >= 11 is 0. The number of carboxylic acid groups (broad SMARTS) is 1. The minimum absolute atomic E-state index is 0.366. The molecule has 3 aromatic carbocycles. The fraction of sp³-hybridized carbons (Fsp3) is 0.200. The van der Waals surface area contributed by atoms with Gasteiger partial charge >= 0.3 is 5.97 Å². The monoisotopic (exact) mass is 431 g/mol. The van der Waals surface area contributed by atoms with Gasteiger partial charge in [-0.05, 0) is 42.0 Å². The van der Waals surface area contributed by atoms with Gasteiger partial charge in [-0.3, -0.25) is 0 Å². The van der Waals surface area contributed by atoms with Crippen LogP contribution in [0.2, 0.25) is 0 Å². The number of nitrogens with one attached hydrogen (secondary N) is 1. The second-order valence-electron chi connectivity index (χ2n) is 7.48. The van der Waals surface area contributed by atoms with Crippen LogP contribution in [0.5, 0.6) is 5.75 Å². The lowest BCUT2D eigenvalue weighted by atomic mass is 10.1. The molecule has 0 saturated carbocycles. The van der Waals surface area contributed by atoms with Crippen molar-refractivity contribution in [3.05, 3.63) is 84.4 Å². The summed E-state index contributed by atoms with van der Waals surface area (Å²) in [6, 6.07) is 24.3. The average Bonchev–Trinajstić information content (AvgIpc) is 3.25. The molecule has 164 valence electrons. The molecule has 1 unspecified atom stereocenters. The van der Waals surface area contributed by atoms with Gasteiger partial charge in [-0.15, -0.1) is 0 Å². The summed E-state index contributed by atoms with van der Waals surface area (Å²) in [5.41, 5.74) is 3.28. The van der Waals surface area contributed by atoms with Gasteiger partial charge in [-0.1, -0.05) is 42.5 Å². The summed E-state index contributed by atoms with van der Waals surface area (Å²) < 4.78 is 11.6. The number of likely N-dealkylation sites (N-methyl/N-ethyl adjacent to an activating group) is 1. The Morgan fingerprint density at radius 3 is 2.50 bits per heavy atom. The molecule has 0 spiro atoms. The third-order valence-electron chi connectivity index (χ3n) is 5.08. The van der Waals surface area contributed by atoms with Gasteiger partial charge in [0.2, 0.25) is 0 Å². The first-order valence-corrected chi connectivity index (χ1v) is 10.4. The molecule has 0 aliphatic rings. The molecule has 1 atom stereocenters. The third kappa shape index (κ3) is 5.37. The Labute approximate surface area is 186 Å². The van der Waals surface area contributed by atoms with Crippen molar-refractivity contribution in [1.29, 1.82) is 0 Å². The molecule has 0 bridgehead atoms. The molecule has 1 aromatic heterocycles. The van der Waals surface area contributed by atoms with E-state index in [0.29, 0.717) is 25.6 Å². The summed E-state index contributed by atoms with van der Waals surface area (Å²) in [6.45, 7) is 1.07. The van der Waals surface area contributed by atoms with E-state index in [4.69, 9.17) is 9.15 Å². The summed E-state index contributed by atoms with van der Waals surface area (Å²) in [4.78, 5) is 18.0. The number of aliphatic carboxylic acids is 1. The predicted octanol–water partition coefficient (Wildman–Crippen LogP) is 4.45. The molecule has 0 saturated heterocycles. The van der Waals surface area contributed by atoms with Crippen LogP contribution in [0.25, 0.3) is 11.1 Å². The number of oxazole rings is 1. The van der Waals surface area contributed by atoms with Gasteiger partial charge in [0.05, 0.1) is 6.54 Å². The molecule has 7 heteroatoms. The minimum Gasteiger partial charge on any atom is -0.492 e. The van der Waals surface area contributed by atoms with Crippen LogP contribution < -0.4 is 15.0 Å². The molecule has 1 heterocycles. The van der Waals surface area contributed by atoms with E-state index < -0.39 is 12.0 Å². The van der Waals surface area contributed by atoms with Crippen molar-refractivity contribution < 1.29 is 19.1 Å². The van der Waals surface area contributed by atoms with Crippen molar-refractivity contribution in [1.82, 2.24) is 4.98 Å². The van der Waals surface area contributed by atoms with E-state index in [1.165, 1.54) is 0 Å². The first-order valence-electron chi connectivity index (χ1n) is 10.4. The second-order valence-corrected chi connectivity index (χ2v) is 7.48. The number of hydrogen-bond acceptors (Lipinski definition) is 6. The average molecular weight is 431 g/mol. The smallest absolute Gasteiger partial charge is 0.326 e. The molecular formula is C25H25N3O4. The number of anilines is 2. The molecule has 2 N–H and O–H groups in total. The van der Waals surface area contributed by atoms with Crippen molar-refractivity contribution >= 4 is 28.8 Å². The summed E-state index contributed by atoms with van der Waals surface area (Å²) in [5, 5.41) is 12.6. The van der Waals surface area contributed by atoms with Crippen LogP contribution in [0.3, 0.4) is 0 Å². The number of nitrogens with zero attached hydrogens (tertiary/aromatic N) is 2. The van der Waals surface area contributed by atoms with Crippen LogP contribution in [0.15, 0.2) is 83.3 Å². The topological polar surface area (TPSA) is 87.8 Å². The quantitative estimate of drug-likeness (QED) is 0.383. The lowest BCUT2D eigenvalue weighted by Crippen LogP contribution is -2.31. The fourth-order valence-corrected chi connectivity index (χ4v) is 3.31. The first kappa shape index (κ1) is 21.2. The Morgan fingerprint density at radius 2 is 1.78 bits per heavy atom. The van der Waals surface area contributed by atoms with Gasteiger partial charge in [0.1, 0.15) is 23.9 Å². The second kappa shape index (κ2) is 9.87. The molecule has 0 aliphatic heterocycles. The molecule has 0 aliphatic carbocycles. The maximum absolute atomic E-state index is 11.6. The summed E-state index contributed by atoms with van der Waals surface area (Å²) in [7, 11) is 1.91. The van der Waals surface area contributed by atoms with Gasteiger partial charge in [0.15, 0.2) is 5.58 Å². The Kier molecular flexibility index (Phi) is 6.55. The SMILES string of the molecule is CN(CCOc1ccc(CC(Nc2ccccc2)C(=O)O)cc1)c1nc2ccccc2o1. The van der Waals surface area contributed by atoms with Crippen molar-refractivity contribution in [3.8, 4) is 5.75 Å². The number of benzene rings is 3. The minimum atomic E-state index is -0.892. The zero-order valence-electron chi connectivity index (χ0n) is 17.8. The third-order valence-corrected chi connectivity index (χ3v) is 5.08. The number of fused-ring (bicyclic) bond motifs is 1. The van der Waals surface area contributed by atoms with E-state index in [1.807, 2.05) is 90.8 Å². The Morgan fingerprint density at radius 1 is 1.06 bits per heavy atom. The first-order chi connectivity index (χ1) is 15.6. The van der Waals surface area contributed by atoms with Crippen molar-refractivity contribution in [2.45, 2.75) is 12.5 Å². The highest BCUT2D eigenvalue weighted by molar-refractivity contribution is 5.77. The highest BCUT2D eigenvalue weighted by Crippen LogP contribution is 2.21. The standard InChI is InChI=1S/C25H25N3O4/c1-28(25-27-21-9-5-6-10-23(21)32-25)15-16-31-20-13-11-18(12-14-20)17-22(24(29)30)26-19-7-3-2-4-8-19/h2-14,22,26H,15-17H2,1H3,(H,29,30). The molecule has 0 fully saturated rings. The lowest BCUT2D eigenvalue weighted by Gasteiger charge is -2.17. The zero-order chi connectivity index (χ0) is 22.3. The Bertz CT molecular complexity index is 1130. The van der Waals surface area contributed by atoms with Crippen LogP contribution in [-0.2, 0) is 11.2 Å². The van der Waals surface area contributed by atoms with Crippen molar-refractivity contribution in [3.63, 3.8) is 0 Å². The predicted molar refractivity (Wildman–Crippen MR) is 124 cm³/mol. The van der Waals surface area contributed by atoms with Gasteiger partial charge in [0, 0.05) is 19.2 Å². The highest BCUT2D eigenvalue weighted by Gasteiger charge is 2.18. The van der Waals surface area contributed by atoms with Gasteiger partial charge in [0.25, 0.3) is 6.01 Å². The van der Waals surface area contributed by atoms with Crippen LogP contribution in [0.4, 0.5) is 11.7 Å². The summed E-state index contributed by atoms with van der Waals surface area (Å²) in [6.07, 6.45) is 0.366. The number of carboxylic acids is 1. The van der Waals surface area contributed by atoms with E-state index in [1.54, 1.807) is 0 Å². The summed E-state index contributed by atoms with van der Waals surface area (Å²) in [5.74, 6) is -0.168. The van der Waals surface area contributed by atoms with Gasteiger partial charge in [-0.2, -0.15) is 4.98 Å². The van der Waals surface area contributed by atoms with Gasteiger partial charge < -0.3 is 24.5 Å². The van der Waals surface area contributed by atoms with Crippen molar-refractivity contribution in [2.75, 3.05) is 30.4 Å². The Hall–Kier alpha value is -4.00. The number of carbonyl (C=O) groups is 1.